The van der Waals surface area contributed by atoms with Gasteiger partial charge in [-0.2, -0.15) is 11.8 Å². The van der Waals surface area contributed by atoms with Crippen LogP contribution in [0.4, 0.5) is 0 Å². The molecule has 1 rings (SSSR count). The molecule has 0 aliphatic carbocycles. The molecular formula is C13H26S. The standard InChI is InChI=1S/C13H26S/c1-4-8-13(3,9-5-2)12-6-10-14-11-7-12/h12H,4-11H2,1-3H3. The average molecular weight is 214 g/mol. The van der Waals surface area contributed by atoms with Crippen molar-refractivity contribution in [1.82, 2.24) is 0 Å². The summed E-state index contributed by atoms with van der Waals surface area (Å²) >= 11 is 2.15. The van der Waals surface area contributed by atoms with Gasteiger partial charge >= 0.3 is 0 Å². The molecule has 0 atom stereocenters. The fourth-order valence-electron chi connectivity index (χ4n) is 3.07. The molecule has 1 heteroatoms. The summed E-state index contributed by atoms with van der Waals surface area (Å²) in [6.07, 6.45) is 8.55. The molecule has 1 fully saturated rings. The van der Waals surface area contributed by atoms with E-state index in [1.807, 2.05) is 0 Å². The zero-order valence-corrected chi connectivity index (χ0v) is 11.0. The molecule has 0 aromatic heterocycles. The third-order valence-electron chi connectivity index (χ3n) is 3.85. The Balaban J connectivity index is 2.54. The SMILES string of the molecule is CCCC(C)(CCC)C1CCSCC1. The maximum absolute atomic E-state index is 2.54. The van der Waals surface area contributed by atoms with Gasteiger partial charge in [0.1, 0.15) is 0 Å². The normalized spacial score (nSPS) is 19.9. The van der Waals surface area contributed by atoms with Gasteiger partial charge in [0, 0.05) is 0 Å². The van der Waals surface area contributed by atoms with Gasteiger partial charge in [-0.25, -0.2) is 0 Å². The van der Waals surface area contributed by atoms with E-state index in [2.05, 4.69) is 32.5 Å². The molecule has 84 valence electrons. The minimum atomic E-state index is 0.657. The number of thioether (sulfide) groups is 1. The molecule has 0 aromatic rings. The maximum atomic E-state index is 2.54. The molecule has 0 N–H and O–H groups in total. The predicted octanol–water partition coefficient (Wildman–Crippen LogP) is 4.74. The Hall–Kier alpha value is 0.350. The van der Waals surface area contributed by atoms with Gasteiger partial charge in [0.05, 0.1) is 0 Å². The molecule has 1 aliphatic rings. The van der Waals surface area contributed by atoms with Crippen molar-refractivity contribution in [1.29, 1.82) is 0 Å². The van der Waals surface area contributed by atoms with Crippen molar-refractivity contribution in [2.24, 2.45) is 11.3 Å². The Morgan fingerprint density at radius 2 is 1.57 bits per heavy atom. The second kappa shape index (κ2) is 6.05. The monoisotopic (exact) mass is 214 g/mol. The first-order valence-corrected chi connectivity index (χ1v) is 7.46. The molecule has 0 bridgehead atoms. The lowest BCUT2D eigenvalue weighted by molar-refractivity contribution is 0.139. The molecular weight excluding hydrogens is 188 g/mol. The van der Waals surface area contributed by atoms with Crippen molar-refractivity contribution < 1.29 is 0 Å². The molecule has 0 radical (unpaired) electrons. The van der Waals surface area contributed by atoms with E-state index in [0.29, 0.717) is 5.41 Å². The van der Waals surface area contributed by atoms with Crippen molar-refractivity contribution in [3.8, 4) is 0 Å². The lowest BCUT2D eigenvalue weighted by atomic mass is 9.68. The van der Waals surface area contributed by atoms with Crippen molar-refractivity contribution in [2.45, 2.75) is 59.3 Å². The highest BCUT2D eigenvalue weighted by Gasteiger charge is 2.33. The van der Waals surface area contributed by atoms with Crippen LogP contribution in [0.3, 0.4) is 0 Å². The van der Waals surface area contributed by atoms with Crippen molar-refractivity contribution >= 4 is 11.8 Å². The van der Waals surface area contributed by atoms with Gasteiger partial charge in [-0.15, -0.1) is 0 Å². The smallest absolute Gasteiger partial charge is 0.00647 e. The van der Waals surface area contributed by atoms with Crippen LogP contribution in [0.5, 0.6) is 0 Å². The third-order valence-corrected chi connectivity index (χ3v) is 4.90. The number of hydrogen-bond acceptors (Lipinski definition) is 1. The molecule has 14 heavy (non-hydrogen) atoms. The second-order valence-corrected chi connectivity index (χ2v) is 6.27. The van der Waals surface area contributed by atoms with Crippen LogP contribution < -0.4 is 0 Å². The van der Waals surface area contributed by atoms with Crippen LogP contribution in [0.15, 0.2) is 0 Å². The van der Waals surface area contributed by atoms with Gasteiger partial charge in [0.2, 0.25) is 0 Å². The Morgan fingerprint density at radius 3 is 2.00 bits per heavy atom. The summed E-state index contributed by atoms with van der Waals surface area (Å²) in [5.41, 5.74) is 0.657. The average Bonchev–Trinajstić information content (AvgIpc) is 2.20. The maximum Gasteiger partial charge on any atom is -0.00647 e. The highest BCUT2D eigenvalue weighted by molar-refractivity contribution is 7.99. The van der Waals surface area contributed by atoms with Gasteiger partial charge < -0.3 is 0 Å². The first-order chi connectivity index (χ1) is 6.73. The minimum absolute atomic E-state index is 0.657. The van der Waals surface area contributed by atoms with E-state index in [-0.39, 0.29) is 0 Å². The lowest BCUT2D eigenvalue weighted by Gasteiger charge is -2.40. The Bertz CT molecular complexity index is 141. The summed E-state index contributed by atoms with van der Waals surface area (Å²) < 4.78 is 0. The van der Waals surface area contributed by atoms with Crippen LogP contribution in [0.1, 0.15) is 59.3 Å². The van der Waals surface area contributed by atoms with Gasteiger partial charge in [0.15, 0.2) is 0 Å². The molecule has 0 unspecified atom stereocenters. The van der Waals surface area contributed by atoms with E-state index in [1.165, 1.54) is 50.0 Å². The minimum Gasteiger partial charge on any atom is -0.162 e. The van der Waals surface area contributed by atoms with Crippen molar-refractivity contribution in [3.63, 3.8) is 0 Å². The zero-order valence-electron chi connectivity index (χ0n) is 10.1. The quantitative estimate of drug-likeness (QED) is 0.637. The molecule has 1 heterocycles. The molecule has 0 aromatic carbocycles. The zero-order chi connectivity index (χ0) is 10.4. The Labute approximate surface area is 94.2 Å². The molecule has 0 amide bonds. The summed E-state index contributed by atoms with van der Waals surface area (Å²) in [5, 5.41) is 0. The highest BCUT2D eigenvalue weighted by atomic mass is 32.2. The Kier molecular flexibility index (Phi) is 5.36. The first-order valence-electron chi connectivity index (χ1n) is 6.30. The topological polar surface area (TPSA) is 0 Å². The van der Waals surface area contributed by atoms with E-state index < -0.39 is 0 Å². The van der Waals surface area contributed by atoms with E-state index in [0.717, 1.165) is 5.92 Å². The van der Waals surface area contributed by atoms with Crippen LogP contribution in [-0.2, 0) is 0 Å². The van der Waals surface area contributed by atoms with Crippen molar-refractivity contribution in [3.05, 3.63) is 0 Å². The third kappa shape index (κ3) is 3.18. The number of hydrogen-bond donors (Lipinski definition) is 0. The van der Waals surface area contributed by atoms with E-state index in [9.17, 15) is 0 Å². The fraction of sp³-hybridized carbons (Fsp3) is 1.00. The summed E-state index contributed by atoms with van der Waals surface area (Å²) in [5.74, 6) is 3.84. The lowest BCUT2D eigenvalue weighted by Crippen LogP contribution is -2.30. The number of rotatable bonds is 5. The van der Waals surface area contributed by atoms with Crippen LogP contribution in [0.2, 0.25) is 0 Å². The first kappa shape index (κ1) is 12.4. The molecule has 0 nitrogen and oxygen atoms in total. The van der Waals surface area contributed by atoms with E-state index in [4.69, 9.17) is 0 Å². The highest BCUT2D eigenvalue weighted by Crippen LogP contribution is 2.43. The summed E-state index contributed by atoms with van der Waals surface area (Å²) in [4.78, 5) is 0. The summed E-state index contributed by atoms with van der Waals surface area (Å²) in [7, 11) is 0. The fourth-order valence-corrected chi connectivity index (χ4v) is 4.18. The van der Waals surface area contributed by atoms with Gasteiger partial charge in [-0.05, 0) is 48.5 Å². The second-order valence-electron chi connectivity index (χ2n) is 5.04. The van der Waals surface area contributed by atoms with Crippen LogP contribution in [0.25, 0.3) is 0 Å². The molecule has 1 aliphatic heterocycles. The van der Waals surface area contributed by atoms with Crippen molar-refractivity contribution in [2.75, 3.05) is 11.5 Å². The summed E-state index contributed by atoms with van der Waals surface area (Å²) in [6.45, 7) is 7.22. The van der Waals surface area contributed by atoms with Gasteiger partial charge in [0.25, 0.3) is 0 Å². The molecule has 0 spiro atoms. The van der Waals surface area contributed by atoms with Crippen LogP contribution in [0, 0.1) is 11.3 Å². The Morgan fingerprint density at radius 1 is 1.07 bits per heavy atom. The molecule has 1 saturated heterocycles. The van der Waals surface area contributed by atoms with Gasteiger partial charge in [-0.3, -0.25) is 0 Å². The van der Waals surface area contributed by atoms with Gasteiger partial charge in [-0.1, -0.05) is 33.6 Å². The van der Waals surface area contributed by atoms with E-state index in [1.54, 1.807) is 0 Å². The summed E-state index contributed by atoms with van der Waals surface area (Å²) in [6, 6.07) is 0. The largest absolute Gasteiger partial charge is 0.162 e. The molecule has 0 saturated carbocycles. The predicted molar refractivity (Wildman–Crippen MR) is 68.0 cm³/mol. The van der Waals surface area contributed by atoms with Crippen LogP contribution in [-0.4, -0.2) is 11.5 Å². The van der Waals surface area contributed by atoms with Crippen LogP contribution >= 0.6 is 11.8 Å². The van der Waals surface area contributed by atoms with E-state index >= 15 is 0 Å².